The molecule has 1 aromatic carbocycles. The van der Waals surface area contributed by atoms with E-state index in [0.29, 0.717) is 11.6 Å². The third-order valence-corrected chi connectivity index (χ3v) is 3.60. The van der Waals surface area contributed by atoms with Crippen LogP contribution in [0.15, 0.2) is 22.7 Å². The van der Waals surface area contributed by atoms with Crippen molar-refractivity contribution in [2.75, 3.05) is 5.73 Å². The highest BCUT2D eigenvalue weighted by Gasteiger charge is 2.13. The lowest BCUT2D eigenvalue weighted by molar-refractivity contribution is 0.481. The van der Waals surface area contributed by atoms with Crippen molar-refractivity contribution in [3.05, 3.63) is 22.7 Å². The summed E-state index contributed by atoms with van der Waals surface area (Å²) in [4.78, 5) is 0. The Kier molecular flexibility index (Phi) is 3.96. The maximum Gasteiger partial charge on any atom is 0.183 e. The molecule has 0 aliphatic carbocycles. The fourth-order valence-electron chi connectivity index (χ4n) is 1.65. The van der Waals surface area contributed by atoms with Crippen LogP contribution in [0.25, 0.3) is 11.4 Å². The molecule has 96 valence electrons. The Morgan fingerprint density at radius 3 is 2.89 bits per heavy atom. The Labute approximate surface area is 115 Å². The maximum absolute atomic E-state index is 5.87. The number of aromatic nitrogens is 4. The fourth-order valence-corrected chi connectivity index (χ4v) is 2.09. The van der Waals surface area contributed by atoms with Crippen molar-refractivity contribution in [2.45, 2.75) is 26.8 Å². The van der Waals surface area contributed by atoms with Crippen molar-refractivity contribution in [1.82, 2.24) is 20.2 Å². The molecule has 0 saturated carbocycles. The third kappa shape index (κ3) is 2.69. The molecule has 5 nitrogen and oxygen atoms in total. The van der Waals surface area contributed by atoms with Crippen LogP contribution in [0.5, 0.6) is 0 Å². The maximum atomic E-state index is 5.87. The number of halogens is 1. The second-order valence-corrected chi connectivity index (χ2v) is 5.41. The van der Waals surface area contributed by atoms with E-state index >= 15 is 0 Å². The molecule has 0 fully saturated rings. The van der Waals surface area contributed by atoms with Crippen molar-refractivity contribution >= 4 is 21.6 Å². The number of nitrogens with zero attached hydrogens (tertiary/aromatic N) is 4. The SMILES string of the molecule is CC(C)CCn1nnnc1-c1cccc(N)c1Br. The highest BCUT2D eigenvalue weighted by molar-refractivity contribution is 9.10. The summed E-state index contributed by atoms with van der Waals surface area (Å²) in [6.07, 6.45) is 1.04. The molecule has 2 aromatic rings. The summed E-state index contributed by atoms with van der Waals surface area (Å²) in [6, 6.07) is 5.70. The van der Waals surface area contributed by atoms with Gasteiger partial charge in [0.15, 0.2) is 5.82 Å². The minimum atomic E-state index is 0.617. The van der Waals surface area contributed by atoms with Gasteiger partial charge in [0.1, 0.15) is 0 Å². The van der Waals surface area contributed by atoms with E-state index < -0.39 is 0 Å². The van der Waals surface area contributed by atoms with Crippen LogP contribution >= 0.6 is 15.9 Å². The molecule has 0 saturated heterocycles. The van der Waals surface area contributed by atoms with Gasteiger partial charge in [0.25, 0.3) is 0 Å². The summed E-state index contributed by atoms with van der Waals surface area (Å²) >= 11 is 3.48. The number of benzene rings is 1. The summed E-state index contributed by atoms with van der Waals surface area (Å²) in [5, 5.41) is 11.9. The molecule has 6 heteroatoms. The molecular weight excluding hydrogens is 294 g/mol. The Balaban J connectivity index is 2.33. The summed E-state index contributed by atoms with van der Waals surface area (Å²) in [7, 11) is 0. The van der Waals surface area contributed by atoms with E-state index in [9.17, 15) is 0 Å². The van der Waals surface area contributed by atoms with Gasteiger partial charge in [-0.15, -0.1) is 5.10 Å². The Morgan fingerprint density at radius 1 is 1.39 bits per heavy atom. The van der Waals surface area contributed by atoms with Crippen molar-refractivity contribution < 1.29 is 0 Å². The number of anilines is 1. The van der Waals surface area contributed by atoms with Gasteiger partial charge >= 0.3 is 0 Å². The largest absolute Gasteiger partial charge is 0.398 e. The fraction of sp³-hybridized carbons (Fsp3) is 0.417. The highest BCUT2D eigenvalue weighted by Crippen LogP contribution is 2.30. The minimum absolute atomic E-state index is 0.617. The van der Waals surface area contributed by atoms with Crippen LogP contribution in [0, 0.1) is 5.92 Å². The molecule has 0 bridgehead atoms. The van der Waals surface area contributed by atoms with Crippen LogP contribution in [0.3, 0.4) is 0 Å². The Bertz CT molecular complexity index is 535. The first-order chi connectivity index (χ1) is 8.59. The lowest BCUT2D eigenvalue weighted by Crippen LogP contribution is -2.06. The zero-order chi connectivity index (χ0) is 13.1. The molecule has 2 rings (SSSR count). The first kappa shape index (κ1) is 13.0. The number of hydrogen-bond acceptors (Lipinski definition) is 4. The number of rotatable bonds is 4. The van der Waals surface area contributed by atoms with Crippen LogP contribution < -0.4 is 5.73 Å². The second-order valence-electron chi connectivity index (χ2n) is 4.62. The first-order valence-electron chi connectivity index (χ1n) is 5.90. The van der Waals surface area contributed by atoms with Crippen molar-refractivity contribution in [1.29, 1.82) is 0 Å². The van der Waals surface area contributed by atoms with Gasteiger partial charge in [0.2, 0.25) is 0 Å². The van der Waals surface area contributed by atoms with Crippen LogP contribution in [-0.4, -0.2) is 20.2 Å². The zero-order valence-electron chi connectivity index (χ0n) is 10.5. The van der Waals surface area contributed by atoms with Crippen LogP contribution in [0.2, 0.25) is 0 Å². The van der Waals surface area contributed by atoms with Crippen LogP contribution in [0.1, 0.15) is 20.3 Å². The van der Waals surface area contributed by atoms with E-state index in [0.717, 1.165) is 28.8 Å². The standard InChI is InChI=1S/C12H16BrN5/c1-8(2)6-7-18-12(15-16-17-18)9-4-3-5-10(14)11(9)13/h3-5,8H,6-7,14H2,1-2H3. The molecule has 0 unspecified atom stereocenters. The second kappa shape index (κ2) is 5.48. The van der Waals surface area contributed by atoms with Crippen molar-refractivity contribution in [3.8, 4) is 11.4 Å². The molecule has 0 aliphatic rings. The monoisotopic (exact) mass is 309 g/mol. The van der Waals surface area contributed by atoms with Gasteiger partial charge in [-0.05, 0) is 50.8 Å². The predicted octanol–water partition coefficient (Wildman–Crippen LogP) is 2.73. The van der Waals surface area contributed by atoms with Crippen LogP contribution in [0.4, 0.5) is 5.69 Å². The smallest absolute Gasteiger partial charge is 0.183 e. The van der Waals surface area contributed by atoms with Gasteiger partial charge in [-0.2, -0.15) is 0 Å². The van der Waals surface area contributed by atoms with Gasteiger partial charge < -0.3 is 5.73 Å². The van der Waals surface area contributed by atoms with E-state index in [2.05, 4.69) is 45.3 Å². The molecule has 0 aliphatic heterocycles. The Hall–Kier alpha value is -1.43. The highest BCUT2D eigenvalue weighted by atomic mass is 79.9. The number of nitrogens with two attached hydrogens (primary N) is 1. The van der Waals surface area contributed by atoms with E-state index in [1.165, 1.54) is 0 Å². The van der Waals surface area contributed by atoms with Crippen LogP contribution in [-0.2, 0) is 6.54 Å². The molecule has 1 heterocycles. The van der Waals surface area contributed by atoms with Crippen molar-refractivity contribution in [2.24, 2.45) is 5.92 Å². The quantitative estimate of drug-likeness (QED) is 0.882. The minimum Gasteiger partial charge on any atom is -0.398 e. The molecule has 0 atom stereocenters. The van der Waals surface area contributed by atoms with E-state index in [1.807, 2.05) is 22.9 Å². The van der Waals surface area contributed by atoms with Gasteiger partial charge in [0, 0.05) is 17.8 Å². The lowest BCUT2D eigenvalue weighted by atomic mass is 10.1. The molecule has 0 amide bonds. The molecule has 2 N–H and O–H groups in total. The number of hydrogen-bond donors (Lipinski definition) is 1. The van der Waals surface area contributed by atoms with Crippen molar-refractivity contribution in [3.63, 3.8) is 0 Å². The van der Waals surface area contributed by atoms with E-state index in [-0.39, 0.29) is 0 Å². The number of nitrogen functional groups attached to an aromatic ring is 1. The molecule has 1 aromatic heterocycles. The average Bonchev–Trinajstić information content (AvgIpc) is 2.78. The summed E-state index contributed by atoms with van der Waals surface area (Å²) < 4.78 is 2.66. The zero-order valence-corrected chi connectivity index (χ0v) is 12.1. The van der Waals surface area contributed by atoms with Gasteiger partial charge in [-0.1, -0.05) is 19.9 Å². The molecule has 0 spiro atoms. The third-order valence-electron chi connectivity index (χ3n) is 2.72. The summed E-state index contributed by atoms with van der Waals surface area (Å²) in [6.45, 7) is 5.17. The normalized spacial score (nSPS) is 11.1. The first-order valence-corrected chi connectivity index (χ1v) is 6.69. The predicted molar refractivity (Wildman–Crippen MR) is 74.8 cm³/mol. The van der Waals surface area contributed by atoms with E-state index in [1.54, 1.807) is 0 Å². The molecule has 0 radical (unpaired) electrons. The summed E-state index contributed by atoms with van der Waals surface area (Å²) in [5.41, 5.74) is 7.48. The number of aryl methyl sites for hydroxylation is 1. The van der Waals surface area contributed by atoms with Gasteiger partial charge in [-0.3, -0.25) is 0 Å². The topological polar surface area (TPSA) is 69.6 Å². The molecule has 18 heavy (non-hydrogen) atoms. The van der Waals surface area contributed by atoms with Gasteiger partial charge in [-0.25, -0.2) is 4.68 Å². The summed E-state index contributed by atoms with van der Waals surface area (Å²) in [5.74, 6) is 1.36. The molecular formula is C12H16BrN5. The van der Waals surface area contributed by atoms with Gasteiger partial charge in [0.05, 0.1) is 4.47 Å². The average molecular weight is 310 g/mol. The van der Waals surface area contributed by atoms with E-state index in [4.69, 9.17) is 5.73 Å². The number of tetrazole rings is 1. The Morgan fingerprint density at radius 2 is 2.17 bits per heavy atom. The lowest BCUT2D eigenvalue weighted by Gasteiger charge is -2.08.